The van der Waals surface area contributed by atoms with Gasteiger partial charge in [-0.05, 0) is 19.4 Å². The van der Waals surface area contributed by atoms with E-state index in [0.29, 0.717) is 11.1 Å². The molecule has 3 rings (SSSR count). The maximum Gasteiger partial charge on any atom is 0.304 e. The largest absolute Gasteiger partial charge is 0.441 e. The first-order valence-electron chi connectivity index (χ1n) is 10.9. The molecule has 0 saturated heterocycles. The van der Waals surface area contributed by atoms with E-state index in [0.717, 1.165) is 35.9 Å². The summed E-state index contributed by atoms with van der Waals surface area (Å²) in [5.41, 5.74) is 3.10. The van der Waals surface area contributed by atoms with Gasteiger partial charge in [-0.3, -0.25) is 9.59 Å². The van der Waals surface area contributed by atoms with Crippen LogP contribution in [0.15, 0.2) is 54.6 Å². The summed E-state index contributed by atoms with van der Waals surface area (Å²) in [5, 5.41) is 0.895. The molecule has 0 aliphatic carbocycles. The average molecular weight is 406 g/mol. The number of unbranched alkanes of at least 4 members (excludes halogenated alkanes) is 4. The zero-order valence-electron chi connectivity index (χ0n) is 18.2. The molecule has 3 aromatic rings. The number of ether oxygens (including phenoxy) is 1. The Morgan fingerprint density at radius 3 is 2.30 bits per heavy atom. The van der Waals surface area contributed by atoms with Gasteiger partial charge in [-0.1, -0.05) is 81.1 Å². The summed E-state index contributed by atoms with van der Waals surface area (Å²) in [5.74, 6) is -0.311. The number of carbonyl (C=O) groups is 2. The molecule has 0 N–H and O–H groups in total. The molecular formula is C26H31NO3. The molecule has 2 aromatic carbocycles. The van der Waals surface area contributed by atoms with Crippen LogP contribution in [-0.2, 0) is 9.53 Å². The molecule has 1 aromatic heterocycles. The predicted molar refractivity (Wildman–Crippen MR) is 121 cm³/mol. The topological polar surface area (TPSA) is 48.3 Å². The average Bonchev–Trinajstić information content (AvgIpc) is 3.04. The van der Waals surface area contributed by atoms with Crippen molar-refractivity contribution in [2.75, 3.05) is 0 Å². The van der Waals surface area contributed by atoms with Gasteiger partial charge in [0.15, 0.2) is 12.0 Å². The summed E-state index contributed by atoms with van der Waals surface area (Å²) in [6.07, 6.45) is 6.02. The molecule has 0 radical (unpaired) electrons. The van der Waals surface area contributed by atoms with E-state index in [1.807, 2.05) is 66.1 Å². The molecule has 1 heterocycles. The summed E-state index contributed by atoms with van der Waals surface area (Å²) >= 11 is 0. The maximum absolute atomic E-state index is 13.4. The molecule has 0 bridgehead atoms. The van der Waals surface area contributed by atoms with Crippen molar-refractivity contribution < 1.29 is 14.3 Å². The van der Waals surface area contributed by atoms with Crippen LogP contribution in [-0.4, -0.2) is 16.3 Å². The minimum Gasteiger partial charge on any atom is -0.441 e. The van der Waals surface area contributed by atoms with Gasteiger partial charge in [0.25, 0.3) is 0 Å². The zero-order chi connectivity index (χ0) is 21.5. The van der Waals surface area contributed by atoms with E-state index in [2.05, 4.69) is 6.92 Å². The highest BCUT2D eigenvalue weighted by molar-refractivity contribution is 6.17. The summed E-state index contributed by atoms with van der Waals surface area (Å²) in [6, 6.07) is 17.2. The monoisotopic (exact) mass is 405 g/mol. The molecule has 0 aliphatic rings. The number of nitrogens with zero attached hydrogens (tertiary/aromatic N) is 1. The predicted octanol–water partition coefficient (Wildman–Crippen LogP) is 6.60. The third kappa shape index (κ3) is 4.81. The lowest BCUT2D eigenvalue weighted by Gasteiger charge is -2.22. The van der Waals surface area contributed by atoms with E-state index in [-0.39, 0.29) is 11.8 Å². The summed E-state index contributed by atoms with van der Waals surface area (Å²) in [6.45, 7) is 5.59. The third-order valence-corrected chi connectivity index (χ3v) is 5.56. The van der Waals surface area contributed by atoms with Crippen LogP contribution >= 0.6 is 0 Å². The van der Waals surface area contributed by atoms with Crippen molar-refractivity contribution in [1.29, 1.82) is 0 Å². The SMILES string of the molecule is CCCCCCCC(OC(C)=O)n1c(C)c(C(=O)c2ccccc2)c2ccccc21. The third-order valence-electron chi connectivity index (χ3n) is 5.56. The second kappa shape index (κ2) is 10.2. The Morgan fingerprint density at radius 2 is 1.60 bits per heavy atom. The van der Waals surface area contributed by atoms with Crippen LogP contribution in [0.2, 0.25) is 0 Å². The quantitative estimate of drug-likeness (QED) is 0.217. The molecule has 4 nitrogen and oxygen atoms in total. The number of carbonyl (C=O) groups excluding carboxylic acids is 2. The Bertz CT molecular complexity index is 1000. The van der Waals surface area contributed by atoms with Crippen molar-refractivity contribution >= 4 is 22.7 Å². The Kier molecular flexibility index (Phi) is 7.45. The molecule has 0 saturated carbocycles. The summed E-state index contributed by atoms with van der Waals surface area (Å²) < 4.78 is 7.78. The van der Waals surface area contributed by atoms with Crippen molar-refractivity contribution in [2.45, 2.75) is 65.5 Å². The second-order valence-corrected chi connectivity index (χ2v) is 7.81. The normalized spacial score (nSPS) is 12.1. The molecular weight excluding hydrogens is 374 g/mol. The minimum absolute atomic E-state index is 0.00688. The second-order valence-electron chi connectivity index (χ2n) is 7.81. The number of aromatic nitrogens is 1. The van der Waals surface area contributed by atoms with Crippen molar-refractivity contribution in [1.82, 2.24) is 4.57 Å². The van der Waals surface area contributed by atoms with E-state index in [4.69, 9.17) is 4.74 Å². The Morgan fingerprint density at radius 1 is 0.933 bits per heavy atom. The van der Waals surface area contributed by atoms with E-state index < -0.39 is 6.23 Å². The lowest BCUT2D eigenvalue weighted by molar-refractivity contribution is -0.151. The molecule has 1 atom stereocenters. The number of hydrogen-bond donors (Lipinski definition) is 0. The number of rotatable bonds is 10. The van der Waals surface area contributed by atoms with Crippen LogP contribution in [0.1, 0.15) is 80.2 Å². The number of hydrogen-bond acceptors (Lipinski definition) is 3. The van der Waals surface area contributed by atoms with Gasteiger partial charge in [0.05, 0.1) is 11.1 Å². The highest BCUT2D eigenvalue weighted by Crippen LogP contribution is 2.33. The van der Waals surface area contributed by atoms with E-state index >= 15 is 0 Å². The molecule has 0 spiro atoms. The van der Waals surface area contributed by atoms with Crippen molar-refractivity contribution in [3.05, 3.63) is 71.4 Å². The highest BCUT2D eigenvalue weighted by Gasteiger charge is 2.25. The number of para-hydroxylation sites is 1. The van der Waals surface area contributed by atoms with Crippen LogP contribution in [0.5, 0.6) is 0 Å². The number of benzene rings is 2. The Balaban J connectivity index is 2.02. The molecule has 158 valence electrons. The molecule has 0 fully saturated rings. The smallest absolute Gasteiger partial charge is 0.304 e. The highest BCUT2D eigenvalue weighted by atomic mass is 16.6. The van der Waals surface area contributed by atoms with Gasteiger partial charge < -0.3 is 9.30 Å². The molecule has 4 heteroatoms. The Hall–Kier alpha value is -2.88. The molecule has 1 unspecified atom stereocenters. The van der Waals surface area contributed by atoms with Gasteiger partial charge in [0.1, 0.15) is 0 Å². The molecule has 0 amide bonds. The fourth-order valence-corrected chi connectivity index (χ4v) is 4.14. The maximum atomic E-state index is 13.4. The van der Waals surface area contributed by atoms with Crippen molar-refractivity contribution in [2.24, 2.45) is 0 Å². The van der Waals surface area contributed by atoms with E-state index in [1.54, 1.807) is 0 Å². The van der Waals surface area contributed by atoms with Gasteiger partial charge in [-0.15, -0.1) is 0 Å². The van der Waals surface area contributed by atoms with Gasteiger partial charge in [-0.25, -0.2) is 0 Å². The van der Waals surface area contributed by atoms with Gasteiger partial charge in [-0.2, -0.15) is 0 Å². The van der Waals surface area contributed by atoms with Crippen LogP contribution in [0.25, 0.3) is 10.9 Å². The standard InChI is InChI=1S/C26H31NO3/c1-4-5-6-7-11-18-24(30-20(3)28)27-19(2)25(22-16-12-13-17-23(22)27)26(29)21-14-9-8-10-15-21/h8-10,12-17,24H,4-7,11,18H2,1-3H3. The first-order chi connectivity index (χ1) is 14.5. The fraction of sp³-hybridized carbons (Fsp3) is 0.385. The van der Waals surface area contributed by atoms with Gasteiger partial charge in [0.2, 0.25) is 0 Å². The van der Waals surface area contributed by atoms with Crippen molar-refractivity contribution in [3.63, 3.8) is 0 Å². The lowest BCUT2D eigenvalue weighted by atomic mass is 10.0. The lowest BCUT2D eigenvalue weighted by Crippen LogP contribution is -2.17. The van der Waals surface area contributed by atoms with Gasteiger partial charge >= 0.3 is 5.97 Å². The first kappa shape index (κ1) is 21.8. The summed E-state index contributed by atoms with van der Waals surface area (Å²) in [7, 11) is 0. The van der Waals surface area contributed by atoms with Crippen molar-refractivity contribution in [3.8, 4) is 0 Å². The van der Waals surface area contributed by atoms with Crippen LogP contribution < -0.4 is 0 Å². The zero-order valence-corrected chi connectivity index (χ0v) is 18.2. The Labute approximate surface area is 178 Å². The van der Waals surface area contributed by atoms with E-state index in [9.17, 15) is 9.59 Å². The van der Waals surface area contributed by atoms with Crippen LogP contribution in [0, 0.1) is 6.92 Å². The molecule has 0 aliphatic heterocycles. The first-order valence-corrected chi connectivity index (χ1v) is 10.9. The fourth-order valence-electron chi connectivity index (χ4n) is 4.14. The number of esters is 1. The van der Waals surface area contributed by atoms with E-state index in [1.165, 1.54) is 26.2 Å². The number of ketones is 1. The molecule has 30 heavy (non-hydrogen) atoms. The summed E-state index contributed by atoms with van der Waals surface area (Å²) in [4.78, 5) is 25.2. The van der Waals surface area contributed by atoms with Gasteiger partial charge in [0, 0.05) is 30.0 Å². The van der Waals surface area contributed by atoms with Crippen LogP contribution in [0.3, 0.4) is 0 Å². The number of fused-ring (bicyclic) bond motifs is 1. The van der Waals surface area contributed by atoms with Crippen LogP contribution in [0.4, 0.5) is 0 Å². The minimum atomic E-state index is -0.411.